The van der Waals surface area contributed by atoms with Crippen LogP contribution in [0.2, 0.25) is 0 Å². The zero-order chi connectivity index (χ0) is 15.5. The van der Waals surface area contributed by atoms with Crippen molar-refractivity contribution in [2.75, 3.05) is 32.8 Å². The van der Waals surface area contributed by atoms with E-state index < -0.39 is 0 Å². The molecule has 1 aromatic heterocycles. The normalized spacial score (nSPS) is 27.1. The summed E-state index contributed by atoms with van der Waals surface area (Å²) in [5.41, 5.74) is 0.912. The first-order valence-electron chi connectivity index (χ1n) is 8.18. The molecule has 2 aliphatic rings. The third-order valence-corrected chi connectivity index (χ3v) is 4.66. The Labute approximate surface area is 131 Å². The monoisotopic (exact) mass is 307 g/mol. The molecule has 0 unspecified atom stereocenters. The molecule has 0 N–H and O–H groups in total. The number of carbonyl (C=O) groups is 1. The molecule has 6 heteroatoms. The lowest BCUT2D eigenvalue weighted by molar-refractivity contribution is -0.145. The Balaban J connectivity index is 1.49. The number of carbonyl (C=O) groups excluding carboxylic acids is 1. The zero-order valence-corrected chi connectivity index (χ0v) is 13.5. The van der Waals surface area contributed by atoms with Gasteiger partial charge in [0.15, 0.2) is 5.76 Å². The van der Waals surface area contributed by atoms with Gasteiger partial charge in [0.1, 0.15) is 0 Å². The molecule has 3 heterocycles. The van der Waals surface area contributed by atoms with Crippen LogP contribution in [0.15, 0.2) is 10.6 Å². The van der Waals surface area contributed by atoms with Crippen LogP contribution in [0.25, 0.3) is 0 Å². The molecule has 2 saturated heterocycles. The molecular weight excluding hydrogens is 282 g/mol. The maximum atomic E-state index is 12.6. The second-order valence-corrected chi connectivity index (χ2v) is 6.36. The number of aromatic nitrogens is 1. The minimum atomic E-state index is 0.0391. The lowest BCUT2D eigenvalue weighted by atomic mass is 9.93. The van der Waals surface area contributed by atoms with Gasteiger partial charge < -0.3 is 14.2 Å². The van der Waals surface area contributed by atoms with E-state index in [4.69, 9.17) is 9.26 Å². The number of nitrogens with zero attached hydrogens (tertiary/aromatic N) is 3. The Morgan fingerprint density at radius 3 is 2.77 bits per heavy atom. The van der Waals surface area contributed by atoms with Gasteiger partial charge in [0, 0.05) is 38.9 Å². The summed E-state index contributed by atoms with van der Waals surface area (Å²) in [7, 11) is 0. The summed E-state index contributed by atoms with van der Waals surface area (Å²) < 4.78 is 10.9. The second kappa shape index (κ2) is 6.79. The topological polar surface area (TPSA) is 58.8 Å². The number of amides is 1. The molecule has 0 aliphatic carbocycles. The maximum Gasteiger partial charge on any atom is 0.228 e. The summed E-state index contributed by atoms with van der Waals surface area (Å²) in [6.45, 7) is 8.84. The summed E-state index contributed by atoms with van der Waals surface area (Å²) in [5, 5.41) is 3.91. The first-order chi connectivity index (χ1) is 10.6. The van der Waals surface area contributed by atoms with Gasteiger partial charge >= 0.3 is 0 Å². The minimum Gasteiger partial charge on any atom is -0.378 e. The smallest absolute Gasteiger partial charge is 0.228 e. The molecule has 2 atom stereocenters. The zero-order valence-electron chi connectivity index (χ0n) is 13.5. The van der Waals surface area contributed by atoms with Gasteiger partial charge in [-0.05, 0) is 26.7 Å². The van der Waals surface area contributed by atoms with Crippen molar-refractivity contribution in [1.82, 2.24) is 15.0 Å². The Kier molecular flexibility index (Phi) is 4.78. The van der Waals surface area contributed by atoms with Crippen molar-refractivity contribution >= 4 is 5.91 Å². The van der Waals surface area contributed by atoms with Crippen molar-refractivity contribution < 1.29 is 14.1 Å². The average molecular weight is 307 g/mol. The largest absolute Gasteiger partial charge is 0.378 e. The highest BCUT2D eigenvalue weighted by molar-refractivity contribution is 5.79. The van der Waals surface area contributed by atoms with Crippen LogP contribution in [0.4, 0.5) is 0 Å². The van der Waals surface area contributed by atoms with E-state index in [9.17, 15) is 4.79 Å². The van der Waals surface area contributed by atoms with Crippen LogP contribution in [0.5, 0.6) is 0 Å². The molecule has 1 amide bonds. The standard InChI is InChI=1S/C16H25N3O3/c1-12-10-14(22-17-12)11-18-5-7-19(8-6-18)16(20)15-4-3-9-21-13(15)2/h10,13,15H,3-9,11H2,1-2H3/t13-,15+/m1/s1. The first-order valence-corrected chi connectivity index (χ1v) is 8.18. The molecule has 0 radical (unpaired) electrons. The summed E-state index contributed by atoms with van der Waals surface area (Å²) in [6.07, 6.45) is 2.00. The molecule has 0 saturated carbocycles. The van der Waals surface area contributed by atoms with Gasteiger partial charge in [0.25, 0.3) is 0 Å². The van der Waals surface area contributed by atoms with E-state index in [0.717, 1.165) is 63.6 Å². The minimum absolute atomic E-state index is 0.0391. The molecule has 22 heavy (non-hydrogen) atoms. The van der Waals surface area contributed by atoms with Gasteiger partial charge in [-0.15, -0.1) is 0 Å². The fraction of sp³-hybridized carbons (Fsp3) is 0.750. The quantitative estimate of drug-likeness (QED) is 0.846. The lowest BCUT2D eigenvalue weighted by Crippen LogP contribution is -2.52. The van der Waals surface area contributed by atoms with Crippen LogP contribution < -0.4 is 0 Å². The fourth-order valence-corrected chi connectivity index (χ4v) is 3.32. The summed E-state index contributed by atoms with van der Waals surface area (Å²) in [5.74, 6) is 1.20. The van der Waals surface area contributed by atoms with Crippen molar-refractivity contribution in [2.24, 2.45) is 5.92 Å². The van der Waals surface area contributed by atoms with E-state index in [2.05, 4.69) is 10.1 Å². The van der Waals surface area contributed by atoms with Gasteiger partial charge in [-0.3, -0.25) is 9.69 Å². The van der Waals surface area contributed by atoms with Crippen LogP contribution in [0, 0.1) is 12.8 Å². The Morgan fingerprint density at radius 1 is 1.36 bits per heavy atom. The van der Waals surface area contributed by atoms with Gasteiger partial charge in [-0.25, -0.2) is 0 Å². The summed E-state index contributed by atoms with van der Waals surface area (Å²) in [4.78, 5) is 16.9. The molecule has 122 valence electrons. The molecule has 2 fully saturated rings. The van der Waals surface area contributed by atoms with Crippen molar-refractivity contribution in [3.05, 3.63) is 17.5 Å². The molecule has 1 aromatic rings. The number of aryl methyl sites for hydroxylation is 1. The van der Waals surface area contributed by atoms with Crippen LogP contribution in [0.3, 0.4) is 0 Å². The van der Waals surface area contributed by atoms with Gasteiger partial charge in [0.05, 0.1) is 24.3 Å². The van der Waals surface area contributed by atoms with Crippen molar-refractivity contribution in [3.63, 3.8) is 0 Å². The van der Waals surface area contributed by atoms with Gasteiger partial charge in [0.2, 0.25) is 5.91 Å². The SMILES string of the molecule is Cc1cc(CN2CCN(C(=O)[C@H]3CCCO[C@@H]3C)CC2)on1. The first kappa shape index (κ1) is 15.5. The van der Waals surface area contributed by atoms with Crippen LogP contribution in [0.1, 0.15) is 31.2 Å². The van der Waals surface area contributed by atoms with E-state index in [1.54, 1.807) is 0 Å². The van der Waals surface area contributed by atoms with Crippen molar-refractivity contribution in [2.45, 2.75) is 39.3 Å². The molecule has 6 nitrogen and oxygen atoms in total. The summed E-state index contributed by atoms with van der Waals surface area (Å²) in [6, 6.07) is 1.97. The van der Waals surface area contributed by atoms with E-state index in [0.29, 0.717) is 0 Å². The van der Waals surface area contributed by atoms with Crippen LogP contribution in [-0.2, 0) is 16.1 Å². The predicted octanol–water partition coefficient (Wildman–Crippen LogP) is 1.44. The average Bonchev–Trinajstić information content (AvgIpc) is 2.93. The number of ether oxygens (including phenoxy) is 1. The van der Waals surface area contributed by atoms with E-state index in [1.807, 2.05) is 24.8 Å². The van der Waals surface area contributed by atoms with E-state index in [1.165, 1.54) is 0 Å². The number of piperazine rings is 1. The maximum absolute atomic E-state index is 12.6. The Hall–Kier alpha value is -1.40. The Morgan fingerprint density at radius 2 is 2.14 bits per heavy atom. The molecule has 0 aromatic carbocycles. The van der Waals surface area contributed by atoms with Crippen molar-refractivity contribution in [3.8, 4) is 0 Å². The Bertz CT molecular complexity index is 508. The number of rotatable bonds is 3. The van der Waals surface area contributed by atoms with E-state index in [-0.39, 0.29) is 17.9 Å². The summed E-state index contributed by atoms with van der Waals surface area (Å²) >= 11 is 0. The second-order valence-electron chi connectivity index (χ2n) is 6.36. The predicted molar refractivity (Wildman–Crippen MR) is 81.2 cm³/mol. The third kappa shape index (κ3) is 3.50. The lowest BCUT2D eigenvalue weighted by Gasteiger charge is -2.38. The van der Waals surface area contributed by atoms with Gasteiger partial charge in [-0.1, -0.05) is 5.16 Å². The molecular formula is C16H25N3O3. The number of hydrogen-bond acceptors (Lipinski definition) is 5. The van der Waals surface area contributed by atoms with E-state index >= 15 is 0 Å². The third-order valence-electron chi connectivity index (χ3n) is 4.66. The van der Waals surface area contributed by atoms with Gasteiger partial charge in [-0.2, -0.15) is 0 Å². The van der Waals surface area contributed by atoms with Crippen LogP contribution >= 0.6 is 0 Å². The molecule has 0 spiro atoms. The highest BCUT2D eigenvalue weighted by Crippen LogP contribution is 2.23. The fourth-order valence-electron chi connectivity index (χ4n) is 3.32. The van der Waals surface area contributed by atoms with Crippen molar-refractivity contribution in [1.29, 1.82) is 0 Å². The molecule has 3 rings (SSSR count). The van der Waals surface area contributed by atoms with Crippen LogP contribution in [-0.4, -0.2) is 59.8 Å². The highest BCUT2D eigenvalue weighted by Gasteiger charge is 2.33. The number of hydrogen-bond donors (Lipinski definition) is 0. The molecule has 2 aliphatic heterocycles. The highest BCUT2D eigenvalue weighted by atomic mass is 16.5. The molecule has 0 bridgehead atoms.